The highest BCUT2D eigenvalue weighted by Gasteiger charge is 2.29. The summed E-state index contributed by atoms with van der Waals surface area (Å²) in [7, 11) is 0. The van der Waals surface area contributed by atoms with E-state index in [0.717, 1.165) is 27.6 Å². The van der Waals surface area contributed by atoms with Crippen LogP contribution < -0.4 is 9.30 Å². The molecule has 4 aromatic rings. The van der Waals surface area contributed by atoms with Crippen molar-refractivity contribution < 1.29 is 14.1 Å². The van der Waals surface area contributed by atoms with Crippen molar-refractivity contribution in [3.63, 3.8) is 0 Å². The first-order valence-corrected chi connectivity index (χ1v) is 12.5. The number of ketones is 1. The minimum absolute atomic E-state index is 0.0507. The molecule has 0 bridgehead atoms. The molecule has 33 heavy (non-hydrogen) atoms. The first-order chi connectivity index (χ1) is 16.3. The molecule has 0 saturated heterocycles. The van der Waals surface area contributed by atoms with Gasteiger partial charge in [0.2, 0.25) is 12.3 Å². The predicted octanol–water partition coefficient (Wildman–Crippen LogP) is 6.01. The van der Waals surface area contributed by atoms with Gasteiger partial charge in [-0.15, -0.1) is 11.3 Å². The maximum absolute atomic E-state index is 12.5. The average molecular weight is 459 g/mol. The van der Waals surface area contributed by atoms with Crippen LogP contribution >= 0.6 is 11.3 Å². The van der Waals surface area contributed by atoms with Crippen molar-refractivity contribution in [2.45, 2.75) is 44.8 Å². The molecule has 0 aliphatic heterocycles. The second kappa shape index (κ2) is 10.1. The molecule has 3 heterocycles. The van der Waals surface area contributed by atoms with Crippen LogP contribution in [0.5, 0.6) is 5.75 Å². The molecule has 1 atom stereocenters. The van der Waals surface area contributed by atoms with Gasteiger partial charge in [0.25, 0.3) is 0 Å². The minimum atomic E-state index is -0.0507. The molecule has 6 heteroatoms. The molecule has 5 nitrogen and oxygen atoms in total. The molecule has 1 aromatic carbocycles. The van der Waals surface area contributed by atoms with Gasteiger partial charge in [-0.1, -0.05) is 43.5 Å². The SMILES string of the molecule is O=C(C[n+]1cccc(-c2cc(C(Oc3ccccc3)C3CCCCC3)[nH]n2)c1)c1cccs1. The normalized spacial score (nSPS) is 15.3. The Morgan fingerprint density at radius 2 is 1.94 bits per heavy atom. The van der Waals surface area contributed by atoms with E-state index in [-0.39, 0.29) is 11.9 Å². The Morgan fingerprint density at radius 3 is 2.73 bits per heavy atom. The lowest BCUT2D eigenvalue weighted by molar-refractivity contribution is -0.682. The standard InChI is InChI=1S/C27H28N3O2S/c31-25(26-14-8-16-33-26)19-30-15-7-11-21(18-30)23-17-24(29-28-23)27(20-9-3-1-4-10-20)32-22-12-5-2-6-13-22/h2,5-8,11-18,20,27H,1,3-4,9-10,19H2,(H,28,29)/q+1. The fourth-order valence-electron chi connectivity index (χ4n) is 4.58. The molecule has 1 aliphatic carbocycles. The van der Waals surface area contributed by atoms with Crippen LogP contribution in [0.1, 0.15) is 53.6 Å². The highest BCUT2D eigenvalue weighted by molar-refractivity contribution is 7.12. The van der Waals surface area contributed by atoms with Crippen molar-refractivity contribution in [3.05, 3.63) is 89.0 Å². The highest BCUT2D eigenvalue weighted by Crippen LogP contribution is 2.37. The molecular formula is C27H28N3O2S+. The van der Waals surface area contributed by atoms with Gasteiger partial charge in [0.15, 0.2) is 12.4 Å². The van der Waals surface area contributed by atoms with E-state index in [0.29, 0.717) is 12.5 Å². The number of aromatic amines is 1. The molecule has 0 amide bonds. The van der Waals surface area contributed by atoms with Crippen LogP contribution in [0.4, 0.5) is 0 Å². The molecule has 1 saturated carbocycles. The monoisotopic (exact) mass is 458 g/mol. The van der Waals surface area contributed by atoms with Gasteiger partial charge in [-0.2, -0.15) is 9.67 Å². The molecule has 0 spiro atoms. The molecule has 0 radical (unpaired) electrons. The van der Waals surface area contributed by atoms with Gasteiger partial charge >= 0.3 is 0 Å². The fraction of sp³-hybridized carbons (Fsp3) is 0.296. The van der Waals surface area contributed by atoms with Gasteiger partial charge in [0.1, 0.15) is 11.9 Å². The summed E-state index contributed by atoms with van der Waals surface area (Å²) in [4.78, 5) is 13.3. The van der Waals surface area contributed by atoms with Crippen LogP contribution in [0.25, 0.3) is 11.3 Å². The number of para-hydroxylation sites is 1. The second-order valence-electron chi connectivity index (χ2n) is 8.62. The van der Waals surface area contributed by atoms with E-state index in [2.05, 4.69) is 16.3 Å². The average Bonchev–Trinajstić information content (AvgIpc) is 3.57. The lowest BCUT2D eigenvalue weighted by Gasteiger charge is -2.30. The van der Waals surface area contributed by atoms with Crippen LogP contribution in [0.15, 0.2) is 78.4 Å². The number of H-pyrrole nitrogens is 1. The van der Waals surface area contributed by atoms with Crippen LogP contribution in [0.3, 0.4) is 0 Å². The number of pyridine rings is 1. The Labute approximate surface area is 198 Å². The quantitative estimate of drug-likeness (QED) is 0.260. The largest absolute Gasteiger partial charge is 0.484 e. The van der Waals surface area contributed by atoms with Crippen molar-refractivity contribution >= 4 is 17.1 Å². The molecule has 1 fully saturated rings. The minimum Gasteiger partial charge on any atom is -0.484 e. The van der Waals surface area contributed by atoms with Crippen molar-refractivity contribution in [1.82, 2.24) is 10.2 Å². The van der Waals surface area contributed by atoms with E-state index in [1.54, 1.807) is 0 Å². The van der Waals surface area contributed by atoms with Gasteiger partial charge < -0.3 is 4.74 Å². The van der Waals surface area contributed by atoms with Gasteiger partial charge in [-0.25, -0.2) is 0 Å². The third-order valence-corrected chi connectivity index (χ3v) is 7.18. The van der Waals surface area contributed by atoms with Crippen LogP contribution in [0.2, 0.25) is 0 Å². The summed E-state index contributed by atoms with van der Waals surface area (Å²) in [5.74, 6) is 1.47. The van der Waals surface area contributed by atoms with E-state index in [1.165, 1.54) is 43.4 Å². The van der Waals surface area contributed by atoms with Crippen molar-refractivity contribution in [2.75, 3.05) is 0 Å². The summed E-state index contributed by atoms with van der Waals surface area (Å²) in [6, 6.07) is 19.9. The molecule has 1 N–H and O–H groups in total. The zero-order valence-electron chi connectivity index (χ0n) is 18.5. The molecule has 1 aliphatic rings. The third kappa shape index (κ3) is 5.22. The number of thiophene rings is 1. The van der Waals surface area contributed by atoms with E-state index < -0.39 is 0 Å². The number of Topliss-reactive ketones (excluding diaryl/α,β-unsaturated/α-hetero) is 1. The number of nitrogens with zero attached hydrogens (tertiary/aromatic N) is 2. The molecule has 168 valence electrons. The number of carbonyl (C=O) groups excluding carboxylic acids is 1. The maximum Gasteiger partial charge on any atom is 0.237 e. The van der Waals surface area contributed by atoms with Crippen LogP contribution in [-0.4, -0.2) is 16.0 Å². The number of ether oxygens (including phenoxy) is 1. The summed E-state index contributed by atoms with van der Waals surface area (Å²) in [5, 5.41) is 9.80. The zero-order chi connectivity index (χ0) is 22.5. The summed E-state index contributed by atoms with van der Waals surface area (Å²) < 4.78 is 8.41. The van der Waals surface area contributed by atoms with Crippen LogP contribution in [0, 0.1) is 5.92 Å². The number of benzene rings is 1. The number of carbonyl (C=O) groups is 1. The number of hydrogen-bond acceptors (Lipinski definition) is 4. The summed E-state index contributed by atoms with van der Waals surface area (Å²) in [6.07, 6.45) is 9.99. The number of rotatable bonds is 8. The number of nitrogens with one attached hydrogen (secondary N) is 1. The van der Waals surface area contributed by atoms with Gasteiger partial charge in [0, 0.05) is 12.0 Å². The third-order valence-electron chi connectivity index (χ3n) is 6.26. The van der Waals surface area contributed by atoms with E-state index in [4.69, 9.17) is 4.74 Å². The number of hydrogen-bond donors (Lipinski definition) is 1. The van der Waals surface area contributed by atoms with Gasteiger partial charge in [-0.05, 0) is 48.6 Å². The topological polar surface area (TPSA) is 58.9 Å². The maximum atomic E-state index is 12.5. The zero-order valence-corrected chi connectivity index (χ0v) is 19.3. The Morgan fingerprint density at radius 1 is 1.09 bits per heavy atom. The van der Waals surface area contributed by atoms with E-state index in [1.807, 2.05) is 76.9 Å². The van der Waals surface area contributed by atoms with Crippen molar-refractivity contribution in [1.29, 1.82) is 0 Å². The summed E-state index contributed by atoms with van der Waals surface area (Å²) >= 11 is 1.48. The lowest BCUT2D eigenvalue weighted by Crippen LogP contribution is -2.37. The smallest absolute Gasteiger partial charge is 0.237 e. The van der Waals surface area contributed by atoms with Gasteiger partial charge in [0.05, 0.1) is 21.8 Å². The second-order valence-corrected chi connectivity index (χ2v) is 9.57. The van der Waals surface area contributed by atoms with Crippen LogP contribution in [-0.2, 0) is 6.54 Å². The Kier molecular flexibility index (Phi) is 6.63. The van der Waals surface area contributed by atoms with E-state index in [9.17, 15) is 4.79 Å². The molecule has 3 aromatic heterocycles. The Balaban J connectivity index is 1.37. The lowest BCUT2D eigenvalue weighted by atomic mass is 9.84. The molecular weight excluding hydrogens is 430 g/mol. The number of aromatic nitrogens is 3. The first kappa shape index (κ1) is 21.6. The Bertz CT molecular complexity index is 1180. The summed E-state index contributed by atoms with van der Waals surface area (Å²) in [6.45, 7) is 0.313. The first-order valence-electron chi connectivity index (χ1n) is 11.6. The predicted molar refractivity (Wildman–Crippen MR) is 129 cm³/mol. The highest BCUT2D eigenvalue weighted by atomic mass is 32.1. The Hall–Kier alpha value is -3.25. The van der Waals surface area contributed by atoms with Crippen molar-refractivity contribution in [3.8, 4) is 17.0 Å². The van der Waals surface area contributed by atoms with E-state index >= 15 is 0 Å². The molecule has 1 unspecified atom stereocenters. The van der Waals surface area contributed by atoms with Gasteiger partial charge in [-0.3, -0.25) is 9.89 Å². The summed E-state index contributed by atoms with van der Waals surface area (Å²) in [5.41, 5.74) is 2.84. The molecule has 5 rings (SSSR count). The fourth-order valence-corrected chi connectivity index (χ4v) is 5.24. The van der Waals surface area contributed by atoms with Crippen molar-refractivity contribution in [2.24, 2.45) is 5.92 Å².